The second-order valence-corrected chi connectivity index (χ2v) is 9.24. The van der Waals surface area contributed by atoms with Gasteiger partial charge in [0.05, 0.1) is 5.54 Å². The summed E-state index contributed by atoms with van der Waals surface area (Å²) in [6.45, 7) is 6.72. The summed E-state index contributed by atoms with van der Waals surface area (Å²) in [7, 11) is 0. The monoisotopic (exact) mass is 422 g/mol. The number of hydrogen-bond acceptors (Lipinski definition) is 3. The van der Waals surface area contributed by atoms with Gasteiger partial charge in [-0.1, -0.05) is 28.1 Å². The van der Waals surface area contributed by atoms with E-state index < -0.39 is 5.60 Å². The second-order valence-electron chi connectivity index (χ2n) is 8.32. The number of nitrogens with one attached hydrogen (secondary N) is 1. The number of ether oxygens (including phenoxy) is 1. The number of carbonyl (C=O) groups excluding carboxylic acids is 2. The maximum absolute atomic E-state index is 12.8. The molecule has 0 unspecified atom stereocenters. The molecule has 5 nitrogen and oxygen atoms in total. The first-order chi connectivity index (χ1) is 12.2. The van der Waals surface area contributed by atoms with Crippen molar-refractivity contribution in [3.63, 3.8) is 0 Å². The number of carbonyl (C=O) groups is 2. The number of halogens is 1. The van der Waals surface area contributed by atoms with Crippen LogP contribution in [0, 0.1) is 5.92 Å². The average Bonchev–Trinajstić information content (AvgIpc) is 3.34. The van der Waals surface area contributed by atoms with Crippen LogP contribution < -0.4 is 5.32 Å². The van der Waals surface area contributed by atoms with E-state index in [-0.39, 0.29) is 23.5 Å². The highest BCUT2D eigenvalue weighted by atomic mass is 79.9. The van der Waals surface area contributed by atoms with E-state index in [1.807, 2.05) is 32.9 Å². The standard InChI is InChI=1S/C20H27BrN2O3/c1-19(2,3)26-18(25)23-11-7-14(8-12-23)17(24)22-20(9-10-20)15-5-4-6-16(21)13-15/h4-6,13-14H,7-12H2,1-3H3,(H,22,24). The van der Waals surface area contributed by atoms with Crippen LogP contribution in [0.25, 0.3) is 0 Å². The third-order valence-corrected chi connectivity index (χ3v) is 5.50. The Hall–Kier alpha value is -1.56. The predicted molar refractivity (Wildman–Crippen MR) is 104 cm³/mol. The molecule has 0 atom stereocenters. The first-order valence-corrected chi connectivity index (χ1v) is 10.0. The Labute approximate surface area is 163 Å². The van der Waals surface area contributed by atoms with Gasteiger partial charge >= 0.3 is 6.09 Å². The van der Waals surface area contributed by atoms with Crippen molar-refractivity contribution in [1.29, 1.82) is 0 Å². The molecule has 142 valence electrons. The first kappa shape index (κ1) is 19.2. The van der Waals surface area contributed by atoms with Gasteiger partial charge in [-0.15, -0.1) is 0 Å². The van der Waals surface area contributed by atoms with Crippen LogP contribution in [0.2, 0.25) is 0 Å². The van der Waals surface area contributed by atoms with Crippen LogP contribution in [-0.4, -0.2) is 35.6 Å². The lowest BCUT2D eigenvalue weighted by Crippen LogP contribution is -2.46. The highest BCUT2D eigenvalue weighted by Crippen LogP contribution is 2.46. The molecule has 1 aromatic rings. The zero-order valence-corrected chi connectivity index (χ0v) is 17.3. The van der Waals surface area contributed by atoms with Crippen LogP contribution in [0.3, 0.4) is 0 Å². The molecule has 1 saturated heterocycles. The van der Waals surface area contributed by atoms with E-state index in [1.54, 1.807) is 4.90 Å². The molecule has 0 spiro atoms. The summed E-state index contributed by atoms with van der Waals surface area (Å²) in [5, 5.41) is 3.27. The second kappa shape index (κ2) is 7.22. The fraction of sp³-hybridized carbons (Fsp3) is 0.600. The number of nitrogens with zero attached hydrogens (tertiary/aromatic N) is 1. The maximum atomic E-state index is 12.8. The quantitative estimate of drug-likeness (QED) is 0.793. The van der Waals surface area contributed by atoms with E-state index in [0.29, 0.717) is 25.9 Å². The van der Waals surface area contributed by atoms with Crippen LogP contribution in [0.4, 0.5) is 4.79 Å². The molecule has 0 bridgehead atoms. The van der Waals surface area contributed by atoms with Crippen molar-refractivity contribution in [2.75, 3.05) is 13.1 Å². The van der Waals surface area contributed by atoms with Crippen molar-refractivity contribution in [3.8, 4) is 0 Å². The zero-order valence-electron chi connectivity index (χ0n) is 15.7. The molecule has 2 fully saturated rings. The van der Waals surface area contributed by atoms with E-state index >= 15 is 0 Å². The van der Waals surface area contributed by atoms with Gasteiger partial charge in [-0.2, -0.15) is 0 Å². The summed E-state index contributed by atoms with van der Waals surface area (Å²) in [6.07, 6.45) is 3.03. The molecule has 1 aliphatic heterocycles. The Kier molecular flexibility index (Phi) is 5.33. The number of hydrogen-bond donors (Lipinski definition) is 1. The lowest BCUT2D eigenvalue weighted by atomic mass is 9.94. The fourth-order valence-corrected chi connectivity index (χ4v) is 3.78. The first-order valence-electron chi connectivity index (χ1n) is 9.25. The Morgan fingerprint density at radius 3 is 2.42 bits per heavy atom. The molecule has 26 heavy (non-hydrogen) atoms. The molecule has 0 aromatic heterocycles. The van der Waals surface area contributed by atoms with E-state index in [4.69, 9.17) is 4.74 Å². The Morgan fingerprint density at radius 2 is 1.88 bits per heavy atom. The van der Waals surface area contributed by atoms with Crippen LogP contribution in [0.5, 0.6) is 0 Å². The van der Waals surface area contributed by atoms with Gasteiger partial charge in [0.15, 0.2) is 0 Å². The topological polar surface area (TPSA) is 58.6 Å². The normalized spacial score (nSPS) is 19.8. The summed E-state index contributed by atoms with van der Waals surface area (Å²) in [5.41, 5.74) is 0.461. The van der Waals surface area contributed by atoms with Gasteiger partial charge in [-0.25, -0.2) is 4.79 Å². The van der Waals surface area contributed by atoms with E-state index in [0.717, 1.165) is 22.9 Å². The van der Waals surface area contributed by atoms with Crippen molar-refractivity contribution in [2.24, 2.45) is 5.92 Å². The predicted octanol–water partition coefficient (Wildman–Crippen LogP) is 4.20. The Balaban J connectivity index is 1.54. The number of amides is 2. The van der Waals surface area contributed by atoms with Gasteiger partial charge in [0.1, 0.15) is 5.60 Å². The highest BCUT2D eigenvalue weighted by Gasteiger charge is 2.46. The van der Waals surface area contributed by atoms with Crippen molar-refractivity contribution in [2.45, 2.75) is 57.6 Å². The summed E-state index contributed by atoms with van der Waals surface area (Å²) in [6, 6.07) is 8.15. The lowest BCUT2D eigenvalue weighted by Gasteiger charge is -2.33. The molecule has 1 heterocycles. The van der Waals surface area contributed by atoms with Crippen molar-refractivity contribution >= 4 is 27.9 Å². The molecule has 2 amide bonds. The number of benzene rings is 1. The molecule has 1 N–H and O–H groups in total. The molecular weight excluding hydrogens is 396 g/mol. The maximum Gasteiger partial charge on any atom is 0.410 e. The summed E-state index contributed by atoms with van der Waals surface area (Å²) in [4.78, 5) is 26.6. The van der Waals surface area contributed by atoms with Crippen molar-refractivity contribution < 1.29 is 14.3 Å². The number of piperidine rings is 1. The molecule has 0 radical (unpaired) electrons. The third kappa shape index (κ3) is 4.58. The summed E-state index contributed by atoms with van der Waals surface area (Å²) >= 11 is 3.50. The van der Waals surface area contributed by atoms with Crippen molar-refractivity contribution in [1.82, 2.24) is 10.2 Å². The highest BCUT2D eigenvalue weighted by molar-refractivity contribution is 9.10. The molecule has 2 aliphatic rings. The number of rotatable bonds is 3. The SMILES string of the molecule is CC(C)(C)OC(=O)N1CCC(C(=O)NC2(c3cccc(Br)c3)CC2)CC1. The lowest BCUT2D eigenvalue weighted by molar-refractivity contribution is -0.127. The minimum absolute atomic E-state index is 0.0432. The van der Waals surface area contributed by atoms with Gasteiger partial charge in [0, 0.05) is 23.5 Å². The fourth-order valence-electron chi connectivity index (χ4n) is 3.39. The summed E-state index contributed by atoms with van der Waals surface area (Å²) in [5.74, 6) is 0.0598. The largest absolute Gasteiger partial charge is 0.444 e. The van der Waals surface area contributed by atoms with Gasteiger partial charge in [0.25, 0.3) is 0 Å². The summed E-state index contributed by atoms with van der Waals surface area (Å²) < 4.78 is 6.44. The molecule has 3 rings (SSSR count). The molecular formula is C20H27BrN2O3. The van der Waals surface area contributed by atoms with Gasteiger partial charge in [-0.05, 0) is 64.2 Å². The van der Waals surface area contributed by atoms with Crippen LogP contribution in [0.1, 0.15) is 52.0 Å². The van der Waals surface area contributed by atoms with Crippen molar-refractivity contribution in [3.05, 3.63) is 34.3 Å². The van der Waals surface area contributed by atoms with Gasteiger partial charge in [0.2, 0.25) is 5.91 Å². The Bertz CT molecular complexity index is 687. The van der Waals surface area contributed by atoms with Gasteiger partial charge < -0.3 is 15.0 Å². The minimum Gasteiger partial charge on any atom is -0.444 e. The van der Waals surface area contributed by atoms with Crippen LogP contribution >= 0.6 is 15.9 Å². The van der Waals surface area contributed by atoms with Gasteiger partial charge in [-0.3, -0.25) is 4.79 Å². The Morgan fingerprint density at radius 1 is 1.23 bits per heavy atom. The van der Waals surface area contributed by atoms with E-state index in [9.17, 15) is 9.59 Å². The molecule has 1 aromatic carbocycles. The van der Waals surface area contributed by atoms with E-state index in [2.05, 4.69) is 33.4 Å². The average molecular weight is 423 g/mol. The minimum atomic E-state index is -0.492. The van der Waals surface area contributed by atoms with Crippen LogP contribution in [-0.2, 0) is 15.1 Å². The molecule has 1 saturated carbocycles. The third-order valence-electron chi connectivity index (χ3n) is 5.01. The molecule has 6 heteroatoms. The van der Waals surface area contributed by atoms with E-state index in [1.165, 1.54) is 0 Å². The van der Waals surface area contributed by atoms with Crippen LogP contribution in [0.15, 0.2) is 28.7 Å². The number of likely N-dealkylation sites (tertiary alicyclic amines) is 1. The molecule has 1 aliphatic carbocycles. The zero-order chi connectivity index (χ0) is 18.9. The smallest absolute Gasteiger partial charge is 0.410 e.